The molecular formula is C35H26O3S. The Kier molecular flexibility index (Phi) is 7.67. The van der Waals surface area contributed by atoms with Crippen LogP contribution in [-0.2, 0) is 0 Å². The molecule has 3 nitrogen and oxygen atoms in total. The zero-order chi connectivity index (χ0) is 27.4. The summed E-state index contributed by atoms with van der Waals surface area (Å²) in [5.74, 6) is -1.03. The van der Waals surface area contributed by atoms with Crippen LogP contribution in [0.25, 0.3) is 11.1 Å². The topological polar surface area (TPSA) is 51.2 Å². The molecule has 0 amide bonds. The molecule has 0 heterocycles. The van der Waals surface area contributed by atoms with Crippen LogP contribution in [0.2, 0.25) is 0 Å². The molecule has 4 heteroatoms. The number of ketones is 3. The lowest BCUT2D eigenvalue weighted by atomic mass is 9.96. The highest BCUT2D eigenvalue weighted by atomic mass is 32.2. The highest BCUT2D eigenvalue weighted by molar-refractivity contribution is 7.99. The van der Waals surface area contributed by atoms with E-state index in [4.69, 9.17) is 0 Å². The summed E-state index contributed by atoms with van der Waals surface area (Å²) in [4.78, 5) is 40.5. The van der Waals surface area contributed by atoms with Crippen molar-refractivity contribution in [2.45, 2.75) is 23.6 Å². The summed E-state index contributed by atoms with van der Waals surface area (Å²) in [6.07, 6.45) is 0. The zero-order valence-electron chi connectivity index (χ0n) is 21.7. The second kappa shape index (κ2) is 11.5. The number of Topliss-reactive ketones (excluding diaryl/α,β-unsaturated/α-hetero) is 2. The SMILES string of the molecule is Cc1ccc(C)c(C(=O)C(=O)c2ccc(Sc3ccc(C(=O)c4ccc(-c5ccccc5)cc4)cc3)cc2)c1. The van der Waals surface area contributed by atoms with Gasteiger partial charge in [-0.25, -0.2) is 0 Å². The molecule has 0 unspecified atom stereocenters. The Morgan fingerprint density at radius 2 is 1.03 bits per heavy atom. The van der Waals surface area contributed by atoms with E-state index in [0.29, 0.717) is 22.3 Å². The van der Waals surface area contributed by atoms with Gasteiger partial charge in [-0.05, 0) is 85.1 Å². The van der Waals surface area contributed by atoms with Gasteiger partial charge in [-0.2, -0.15) is 0 Å². The smallest absolute Gasteiger partial charge is 0.233 e. The molecule has 0 spiro atoms. The predicted octanol–water partition coefficient (Wildman–Crippen LogP) is 8.42. The van der Waals surface area contributed by atoms with E-state index in [1.165, 1.54) is 11.8 Å². The van der Waals surface area contributed by atoms with E-state index < -0.39 is 11.6 Å². The van der Waals surface area contributed by atoms with E-state index in [1.807, 2.05) is 117 Å². The number of benzene rings is 5. The summed E-state index contributed by atoms with van der Waals surface area (Å²) < 4.78 is 0. The van der Waals surface area contributed by atoms with Crippen molar-refractivity contribution in [3.05, 3.63) is 155 Å². The molecule has 5 rings (SSSR count). The van der Waals surface area contributed by atoms with E-state index >= 15 is 0 Å². The van der Waals surface area contributed by atoms with E-state index in [0.717, 1.165) is 32.0 Å². The lowest BCUT2D eigenvalue weighted by Gasteiger charge is -2.07. The lowest BCUT2D eigenvalue weighted by molar-refractivity contribution is 0.0816. The average Bonchev–Trinajstić information content (AvgIpc) is 2.98. The molecular weight excluding hydrogens is 500 g/mol. The predicted molar refractivity (Wildman–Crippen MR) is 157 cm³/mol. The number of carbonyl (C=O) groups is 3. The van der Waals surface area contributed by atoms with Crippen LogP contribution >= 0.6 is 11.8 Å². The maximum absolute atomic E-state index is 13.0. The third-order valence-corrected chi connectivity index (χ3v) is 7.58. The Labute approximate surface area is 232 Å². The van der Waals surface area contributed by atoms with Crippen molar-refractivity contribution in [1.29, 1.82) is 0 Å². The molecule has 190 valence electrons. The van der Waals surface area contributed by atoms with E-state index in [-0.39, 0.29) is 5.78 Å². The van der Waals surface area contributed by atoms with Crippen molar-refractivity contribution in [2.75, 3.05) is 0 Å². The third kappa shape index (κ3) is 5.97. The Bertz CT molecular complexity index is 1650. The van der Waals surface area contributed by atoms with Crippen molar-refractivity contribution in [3.8, 4) is 11.1 Å². The molecule has 39 heavy (non-hydrogen) atoms. The molecule has 0 aliphatic rings. The monoisotopic (exact) mass is 526 g/mol. The lowest BCUT2D eigenvalue weighted by Crippen LogP contribution is -2.15. The van der Waals surface area contributed by atoms with Crippen LogP contribution in [0.1, 0.15) is 47.8 Å². The van der Waals surface area contributed by atoms with Gasteiger partial charge in [-0.3, -0.25) is 14.4 Å². The largest absolute Gasteiger partial charge is 0.289 e. The van der Waals surface area contributed by atoms with E-state index in [9.17, 15) is 14.4 Å². The van der Waals surface area contributed by atoms with Crippen LogP contribution in [0.4, 0.5) is 0 Å². The summed E-state index contributed by atoms with van der Waals surface area (Å²) in [7, 11) is 0. The third-order valence-electron chi connectivity index (χ3n) is 6.57. The van der Waals surface area contributed by atoms with Gasteiger partial charge < -0.3 is 0 Å². The molecule has 0 saturated heterocycles. The second-order valence-corrected chi connectivity index (χ2v) is 10.5. The number of rotatable bonds is 8. The molecule has 0 fully saturated rings. The van der Waals surface area contributed by atoms with Crippen LogP contribution in [0.5, 0.6) is 0 Å². The fourth-order valence-corrected chi connectivity index (χ4v) is 5.15. The molecule has 0 N–H and O–H groups in total. The number of hydrogen-bond donors (Lipinski definition) is 0. The van der Waals surface area contributed by atoms with Crippen LogP contribution in [0, 0.1) is 13.8 Å². The van der Waals surface area contributed by atoms with Crippen molar-refractivity contribution in [3.63, 3.8) is 0 Å². The standard InChI is InChI=1S/C35H26O3S/c1-23-8-9-24(2)32(22-23)35(38)34(37)29-16-20-31(21-17-29)39-30-18-14-28(15-19-30)33(36)27-12-10-26(11-13-27)25-6-4-3-5-7-25/h3-22H,1-2H3. The van der Waals surface area contributed by atoms with E-state index in [2.05, 4.69) is 0 Å². The zero-order valence-corrected chi connectivity index (χ0v) is 22.5. The molecule has 0 bridgehead atoms. The first-order chi connectivity index (χ1) is 18.9. The van der Waals surface area contributed by atoms with Gasteiger partial charge in [0.1, 0.15) is 0 Å². The average molecular weight is 527 g/mol. The van der Waals surface area contributed by atoms with Crippen molar-refractivity contribution < 1.29 is 14.4 Å². The van der Waals surface area contributed by atoms with Gasteiger partial charge >= 0.3 is 0 Å². The van der Waals surface area contributed by atoms with Gasteiger partial charge in [0.15, 0.2) is 5.78 Å². The highest BCUT2D eigenvalue weighted by Gasteiger charge is 2.20. The minimum atomic E-state index is -0.514. The molecule has 0 aliphatic carbocycles. The Hall–Kier alpha value is -4.54. The Morgan fingerprint density at radius 3 is 1.62 bits per heavy atom. The summed E-state index contributed by atoms with van der Waals surface area (Å²) in [6.45, 7) is 3.73. The summed E-state index contributed by atoms with van der Waals surface area (Å²) in [6, 6.07) is 37.8. The minimum absolute atomic E-state index is 0.0254. The van der Waals surface area contributed by atoms with Gasteiger partial charge in [-0.1, -0.05) is 84.1 Å². The quantitative estimate of drug-likeness (QED) is 0.150. The fourth-order valence-electron chi connectivity index (χ4n) is 4.33. The number of hydrogen-bond acceptors (Lipinski definition) is 4. The van der Waals surface area contributed by atoms with Crippen LogP contribution in [0.3, 0.4) is 0 Å². The number of aryl methyl sites for hydroxylation is 2. The molecule has 0 saturated carbocycles. The van der Waals surface area contributed by atoms with Gasteiger partial charge in [0.05, 0.1) is 0 Å². The minimum Gasteiger partial charge on any atom is -0.289 e. The first kappa shape index (κ1) is 26.1. The summed E-state index contributed by atoms with van der Waals surface area (Å²) in [5, 5.41) is 0. The van der Waals surface area contributed by atoms with Gasteiger partial charge in [-0.15, -0.1) is 0 Å². The van der Waals surface area contributed by atoms with Crippen molar-refractivity contribution in [2.24, 2.45) is 0 Å². The van der Waals surface area contributed by atoms with Gasteiger partial charge in [0, 0.05) is 32.0 Å². The Morgan fingerprint density at radius 1 is 0.513 bits per heavy atom. The summed E-state index contributed by atoms with van der Waals surface area (Å²) in [5.41, 5.74) is 5.99. The Balaban J connectivity index is 1.23. The highest BCUT2D eigenvalue weighted by Crippen LogP contribution is 2.29. The molecule has 5 aromatic carbocycles. The fraction of sp³-hybridized carbons (Fsp3) is 0.0571. The normalized spacial score (nSPS) is 10.7. The van der Waals surface area contributed by atoms with Crippen LogP contribution < -0.4 is 0 Å². The number of carbonyl (C=O) groups excluding carboxylic acids is 3. The molecule has 0 aromatic heterocycles. The molecule has 5 aromatic rings. The first-order valence-corrected chi connectivity index (χ1v) is 13.4. The van der Waals surface area contributed by atoms with Crippen molar-refractivity contribution in [1.82, 2.24) is 0 Å². The maximum atomic E-state index is 13.0. The summed E-state index contributed by atoms with van der Waals surface area (Å²) >= 11 is 1.53. The van der Waals surface area contributed by atoms with Gasteiger partial charge in [0.2, 0.25) is 11.6 Å². The molecule has 0 aliphatic heterocycles. The van der Waals surface area contributed by atoms with Crippen LogP contribution in [0.15, 0.2) is 131 Å². The maximum Gasteiger partial charge on any atom is 0.233 e. The van der Waals surface area contributed by atoms with Crippen molar-refractivity contribution >= 4 is 29.1 Å². The van der Waals surface area contributed by atoms with Crippen LogP contribution in [-0.4, -0.2) is 17.3 Å². The van der Waals surface area contributed by atoms with Gasteiger partial charge in [0.25, 0.3) is 0 Å². The first-order valence-electron chi connectivity index (χ1n) is 12.6. The second-order valence-electron chi connectivity index (χ2n) is 9.40. The van der Waals surface area contributed by atoms with E-state index in [1.54, 1.807) is 18.2 Å². The molecule has 0 radical (unpaired) electrons. The molecule has 0 atom stereocenters.